The van der Waals surface area contributed by atoms with Crippen LogP contribution in [0.4, 0.5) is 19.0 Å². The highest BCUT2D eigenvalue weighted by Gasteiger charge is 2.31. The molecule has 1 aromatic carbocycles. The van der Waals surface area contributed by atoms with Crippen LogP contribution in [0.25, 0.3) is 22.8 Å². The number of pyridine rings is 1. The average Bonchev–Trinajstić information content (AvgIpc) is 3.47. The summed E-state index contributed by atoms with van der Waals surface area (Å²) < 4.78 is 48.5. The fourth-order valence-corrected chi connectivity index (χ4v) is 3.92. The summed E-state index contributed by atoms with van der Waals surface area (Å²) in [6.45, 7) is 6.26. The van der Waals surface area contributed by atoms with Crippen molar-refractivity contribution in [3.8, 4) is 28.6 Å². The molecule has 0 bridgehead atoms. The molecular weight excluding hydrogens is 461 g/mol. The zero-order valence-corrected chi connectivity index (χ0v) is 18.9. The van der Waals surface area contributed by atoms with E-state index in [0.29, 0.717) is 29.4 Å². The summed E-state index contributed by atoms with van der Waals surface area (Å²) in [7, 11) is 0. The number of hydrogen-bond donors (Lipinski definition) is 1. The van der Waals surface area contributed by atoms with Crippen molar-refractivity contribution in [3.05, 3.63) is 66.2 Å². The molecule has 0 aliphatic carbocycles. The summed E-state index contributed by atoms with van der Waals surface area (Å²) in [6, 6.07) is 11.4. The fourth-order valence-electron chi connectivity index (χ4n) is 3.92. The lowest BCUT2D eigenvalue weighted by atomic mass is 10.2. The van der Waals surface area contributed by atoms with Gasteiger partial charge in [0.15, 0.2) is 0 Å². The Bertz CT molecular complexity index is 1290. The van der Waals surface area contributed by atoms with E-state index in [-0.39, 0.29) is 5.75 Å². The normalized spacial score (nSPS) is 14.3. The number of nitrogens with zero attached hydrogens (tertiary/aromatic N) is 5. The molecule has 1 aliphatic rings. The van der Waals surface area contributed by atoms with Crippen molar-refractivity contribution in [1.29, 1.82) is 0 Å². The molecule has 11 heteroatoms. The molecule has 1 fully saturated rings. The van der Waals surface area contributed by atoms with Gasteiger partial charge in [-0.15, -0.1) is 13.2 Å². The van der Waals surface area contributed by atoms with Crippen LogP contribution in [0.5, 0.6) is 5.75 Å². The Morgan fingerprint density at radius 2 is 1.83 bits per heavy atom. The molecule has 0 unspecified atom stereocenters. The van der Waals surface area contributed by atoms with E-state index in [4.69, 9.17) is 4.42 Å². The third kappa shape index (κ3) is 5.46. The molecule has 3 aromatic heterocycles. The minimum Gasteiger partial charge on any atom is -0.443 e. The Hall–Kier alpha value is -3.86. The van der Waals surface area contributed by atoms with E-state index in [1.54, 1.807) is 0 Å². The van der Waals surface area contributed by atoms with Gasteiger partial charge in [0.2, 0.25) is 5.89 Å². The molecule has 182 valence electrons. The molecule has 0 saturated carbocycles. The van der Waals surface area contributed by atoms with Crippen molar-refractivity contribution >= 4 is 5.82 Å². The van der Waals surface area contributed by atoms with E-state index in [9.17, 15) is 13.2 Å². The van der Waals surface area contributed by atoms with Crippen molar-refractivity contribution in [3.63, 3.8) is 0 Å². The van der Waals surface area contributed by atoms with Crippen molar-refractivity contribution in [1.82, 2.24) is 25.1 Å². The number of benzene rings is 1. The first-order valence-corrected chi connectivity index (χ1v) is 11.1. The van der Waals surface area contributed by atoms with Gasteiger partial charge in [-0.2, -0.15) is 5.10 Å². The Labute approximate surface area is 199 Å². The summed E-state index contributed by atoms with van der Waals surface area (Å²) in [5.41, 5.74) is 3.68. The van der Waals surface area contributed by atoms with Gasteiger partial charge >= 0.3 is 6.36 Å². The first-order chi connectivity index (χ1) is 16.8. The largest absolute Gasteiger partial charge is 0.573 e. The molecule has 0 spiro atoms. The Morgan fingerprint density at radius 3 is 2.57 bits per heavy atom. The summed E-state index contributed by atoms with van der Waals surface area (Å²) in [5, 5.41) is 7.99. The molecule has 1 N–H and O–H groups in total. The van der Waals surface area contributed by atoms with Gasteiger partial charge in [0, 0.05) is 43.6 Å². The third-order valence-electron chi connectivity index (χ3n) is 5.67. The van der Waals surface area contributed by atoms with Crippen LogP contribution in [0.3, 0.4) is 0 Å². The summed E-state index contributed by atoms with van der Waals surface area (Å²) >= 11 is 0. The Morgan fingerprint density at radius 1 is 1.06 bits per heavy atom. The van der Waals surface area contributed by atoms with Gasteiger partial charge in [0.25, 0.3) is 0 Å². The predicted octanol–water partition coefficient (Wildman–Crippen LogP) is 4.27. The lowest BCUT2D eigenvalue weighted by molar-refractivity contribution is -0.274. The third-order valence-corrected chi connectivity index (χ3v) is 5.67. The highest BCUT2D eigenvalue weighted by atomic mass is 19.4. The Balaban J connectivity index is 1.30. The van der Waals surface area contributed by atoms with Crippen LogP contribution in [0.1, 0.15) is 11.3 Å². The molecule has 8 nitrogen and oxygen atoms in total. The first-order valence-electron chi connectivity index (χ1n) is 11.1. The molecule has 4 aromatic rings. The summed E-state index contributed by atoms with van der Waals surface area (Å²) in [5.74, 6) is 0.988. The maximum Gasteiger partial charge on any atom is 0.573 e. The number of alkyl halides is 3. The molecule has 1 aliphatic heterocycles. The highest BCUT2D eigenvalue weighted by molar-refractivity contribution is 5.62. The van der Waals surface area contributed by atoms with Crippen molar-refractivity contribution in [2.75, 3.05) is 31.1 Å². The number of aryl methyl sites for hydroxylation is 1. The lowest BCUT2D eigenvalue weighted by Crippen LogP contribution is -2.43. The van der Waals surface area contributed by atoms with Crippen LogP contribution in [0.2, 0.25) is 0 Å². The van der Waals surface area contributed by atoms with E-state index >= 15 is 0 Å². The number of halogens is 3. The van der Waals surface area contributed by atoms with Gasteiger partial charge in [-0.25, -0.2) is 9.97 Å². The van der Waals surface area contributed by atoms with Crippen LogP contribution < -0.4 is 15.0 Å². The first kappa shape index (κ1) is 22.9. The van der Waals surface area contributed by atoms with Gasteiger partial charge in [0.05, 0.1) is 6.54 Å². The second-order valence-electron chi connectivity index (χ2n) is 8.20. The van der Waals surface area contributed by atoms with Gasteiger partial charge in [0.1, 0.15) is 29.2 Å². The number of nitrogens with one attached hydrogen (secondary N) is 1. The molecule has 35 heavy (non-hydrogen) atoms. The van der Waals surface area contributed by atoms with Crippen molar-refractivity contribution in [2.24, 2.45) is 0 Å². The van der Waals surface area contributed by atoms with Crippen LogP contribution in [-0.2, 0) is 6.54 Å². The average molecular weight is 484 g/mol. The van der Waals surface area contributed by atoms with Crippen molar-refractivity contribution < 1.29 is 22.3 Å². The maximum atomic E-state index is 12.4. The Kier molecular flexibility index (Phi) is 6.16. The maximum absolute atomic E-state index is 12.4. The monoisotopic (exact) mass is 484 g/mol. The summed E-state index contributed by atoms with van der Waals surface area (Å²) in [6.07, 6.45) is -1.47. The molecule has 1 saturated heterocycles. The molecule has 5 rings (SSSR count). The zero-order chi connectivity index (χ0) is 24.4. The topological polar surface area (TPSA) is 81.2 Å². The number of ether oxygens (including phenoxy) is 1. The molecule has 4 heterocycles. The molecule has 0 amide bonds. The molecule has 0 atom stereocenters. The molecule has 0 radical (unpaired) electrons. The minimum atomic E-state index is -4.73. The highest BCUT2D eigenvalue weighted by Crippen LogP contribution is 2.28. The van der Waals surface area contributed by atoms with Gasteiger partial charge in [-0.05, 0) is 55.0 Å². The van der Waals surface area contributed by atoms with E-state index in [1.165, 1.54) is 30.5 Å². The van der Waals surface area contributed by atoms with Crippen LogP contribution in [-0.4, -0.2) is 52.3 Å². The van der Waals surface area contributed by atoms with Gasteiger partial charge in [-0.1, -0.05) is 0 Å². The smallest absolute Gasteiger partial charge is 0.443 e. The number of anilines is 1. The fraction of sp³-hybridized carbons (Fsp3) is 0.292. The number of piperazine rings is 1. The van der Waals surface area contributed by atoms with Crippen molar-refractivity contribution in [2.45, 2.75) is 19.8 Å². The second-order valence-corrected chi connectivity index (χ2v) is 8.20. The van der Waals surface area contributed by atoms with Gasteiger partial charge < -0.3 is 19.4 Å². The van der Waals surface area contributed by atoms with Gasteiger partial charge in [-0.3, -0.25) is 4.68 Å². The SMILES string of the molecule is Cc1cc(-c2nc(-c3ccc(OC(F)(F)F)cc3)co2)nn1Cc1ccnc(N2CCNCC2)c1. The standard InChI is InChI=1S/C24H23F3N6O2/c1-16-12-20(23-30-21(15-34-23)18-2-4-19(5-3-18)35-24(25,26)27)31-33(16)14-17-6-7-29-22(13-17)32-10-8-28-9-11-32/h2-7,12-13,15,28H,8-11,14H2,1H3. The second kappa shape index (κ2) is 9.41. The van der Waals surface area contributed by atoms with Crippen LogP contribution in [0.15, 0.2) is 59.3 Å². The van der Waals surface area contributed by atoms with Crippen LogP contribution >= 0.6 is 0 Å². The molecular formula is C24H23F3N6O2. The zero-order valence-electron chi connectivity index (χ0n) is 18.9. The summed E-state index contributed by atoms with van der Waals surface area (Å²) in [4.78, 5) is 11.2. The minimum absolute atomic E-state index is 0.296. The predicted molar refractivity (Wildman–Crippen MR) is 123 cm³/mol. The van der Waals surface area contributed by atoms with Crippen LogP contribution in [0, 0.1) is 6.92 Å². The number of oxazole rings is 1. The number of rotatable bonds is 6. The van der Waals surface area contributed by atoms with E-state index in [2.05, 4.69) is 36.1 Å². The van der Waals surface area contributed by atoms with E-state index in [1.807, 2.05) is 29.9 Å². The number of aromatic nitrogens is 4. The quantitative estimate of drug-likeness (QED) is 0.438. The number of hydrogen-bond acceptors (Lipinski definition) is 7. The van der Waals surface area contributed by atoms with E-state index in [0.717, 1.165) is 43.3 Å². The lowest BCUT2D eigenvalue weighted by Gasteiger charge is -2.28. The van der Waals surface area contributed by atoms with E-state index < -0.39 is 6.36 Å².